The molecule has 1 aromatic carbocycles. The largest absolute Gasteiger partial charge is 0.480 e. The van der Waals surface area contributed by atoms with Crippen LogP contribution < -0.4 is 5.32 Å². The number of nitrogens with zero attached hydrogens (tertiary/aromatic N) is 1. The van der Waals surface area contributed by atoms with Crippen LogP contribution in [0.5, 0.6) is 0 Å². The van der Waals surface area contributed by atoms with Gasteiger partial charge in [-0.2, -0.15) is 0 Å². The Morgan fingerprint density at radius 3 is 2.81 bits per heavy atom. The van der Waals surface area contributed by atoms with E-state index >= 15 is 0 Å². The van der Waals surface area contributed by atoms with Crippen LogP contribution >= 0.6 is 15.9 Å². The third-order valence-corrected chi connectivity index (χ3v) is 4.08. The number of aliphatic carboxylic acids is 1. The average Bonchev–Trinajstić information content (AvgIpc) is 2.41. The van der Waals surface area contributed by atoms with Crippen molar-refractivity contribution in [2.24, 2.45) is 5.92 Å². The average molecular weight is 359 g/mol. The molecule has 1 saturated heterocycles. The van der Waals surface area contributed by atoms with Crippen molar-refractivity contribution in [3.8, 4) is 0 Å². The molecule has 1 aliphatic rings. The van der Waals surface area contributed by atoms with E-state index in [9.17, 15) is 19.1 Å². The lowest BCUT2D eigenvalue weighted by Crippen LogP contribution is -2.51. The summed E-state index contributed by atoms with van der Waals surface area (Å²) in [7, 11) is 0. The van der Waals surface area contributed by atoms with Crippen LogP contribution in [0.4, 0.5) is 14.9 Å². The monoisotopic (exact) mass is 358 g/mol. The Hall–Kier alpha value is -1.63. The number of nitrogens with one attached hydrogen (secondary N) is 1. The van der Waals surface area contributed by atoms with Crippen LogP contribution in [0.15, 0.2) is 22.7 Å². The predicted octanol–water partition coefficient (Wildman–Crippen LogP) is 3.31. The summed E-state index contributed by atoms with van der Waals surface area (Å²) >= 11 is 3.13. The van der Waals surface area contributed by atoms with Crippen LogP contribution in [0, 0.1) is 11.7 Å². The molecule has 2 unspecified atom stereocenters. The van der Waals surface area contributed by atoms with Gasteiger partial charge in [0, 0.05) is 11.0 Å². The smallest absolute Gasteiger partial charge is 0.326 e. The first kappa shape index (κ1) is 15.8. The minimum atomic E-state index is -1.03. The van der Waals surface area contributed by atoms with Crippen molar-refractivity contribution in [1.82, 2.24) is 4.90 Å². The summed E-state index contributed by atoms with van der Waals surface area (Å²) in [4.78, 5) is 24.7. The van der Waals surface area contributed by atoms with E-state index in [0.717, 1.165) is 6.42 Å². The highest BCUT2D eigenvalue weighted by molar-refractivity contribution is 9.10. The minimum Gasteiger partial charge on any atom is -0.480 e. The Morgan fingerprint density at radius 2 is 2.19 bits per heavy atom. The van der Waals surface area contributed by atoms with Gasteiger partial charge in [-0.15, -0.1) is 0 Å². The molecule has 2 atom stereocenters. The van der Waals surface area contributed by atoms with Gasteiger partial charge in [0.1, 0.15) is 11.9 Å². The van der Waals surface area contributed by atoms with Crippen LogP contribution in [0.1, 0.15) is 19.8 Å². The molecular weight excluding hydrogens is 343 g/mol. The number of likely N-dealkylation sites (tertiary alicyclic amines) is 1. The number of carboxylic acids is 1. The standard InChI is InChI=1S/C14H16BrFN2O3/c1-8-4-5-18(12(6-8)13(19)20)14(21)17-11-3-2-9(15)7-10(11)16/h2-3,7-8,12H,4-6H2,1H3,(H,17,21)(H,19,20). The SMILES string of the molecule is CC1CCN(C(=O)Nc2ccc(Br)cc2F)C(C(=O)O)C1. The summed E-state index contributed by atoms with van der Waals surface area (Å²) in [6, 6.07) is 2.82. The number of amides is 2. The number of anilines is 1. The van der Waals surface area contributed by atoms with E-state index in [-0.39, 0.29) is 11.6 Å². The molecule has 1 aliphatic heterocycles. The number of benzene rings is 1. The van der Waals surface area contributed by atoms with Crippen molar-refractivity contribution in [2.45, 2.75) is 25.8 Å². The molecule has 114 valence electrons. The van der Waals surface area contributed by atoms with Crippen molar-refractivity contribution >= 4 is 33.6 Å². The van der Waals surface area contributed by atoms with Gasteiger partial charge in [0.15, 0.2) is 0 Å². The molecule has 0 aliphatic carbocycles. The van der Waals surface area contributed by atoms with Crippen molar-refractivity contribution in [3.63, 3.8) is 0 Å². The summed E-state index contributed by atoms with van der Waals surface area (Å²) in [6.45, 7) is 2.31. The second-order valence-corrected chi connectivity index (χ2v) is 6.15. The summed E-state index contributed by atoms with van der Waals surface area (Å²) in [5.74, 6) is -1.36. The highest BCUT2D eigenvalue weighted by atomic mass is 79.9. The Labute approximate surface area is 130 Å². The Morgan fingerprint density at radius 1 is 1.48 bits per heavy atom. The molecule has 1 fully saturated rings. The van der Waals surface area contributed by atoms with Crippen molar-refractivity contribution in [2.75, 3.05) is 11.9 Å². The third-order valence-electron chi connectivity index (χ3n) is 3.58. The molecule has 1 heterocycles. The van der Waals surface area contributed by atoms with Gasteiger partial charge in [-0.3, -0.25) is 0 Å². The van der Waals surface area contributed by atoms with Gasteiger partial charge in [-0.1, -0.05) is 22.9 Å². The molecular formula is C14H16BrFN2O3. The highest BCUT2D eigenvalue weighted by Crippen LogP contribution is 2.25. The second kappa shape index (κ2) is 6.43. The lowest BCUT2D eigenvalue weighted by atomic mass is 9.93. The van der Waals surface area contributed by atoms with E-state index in [4.69, 9.17) is 0 Å². The molecule has 7 heteroatoms. The number of carboxylic acid groups (broad SMARTS) is 1. The van der Waals surface area contributed by atoms with E-state index in [1.54, 1.807) is 6.07 Å². The van der Waals surface area contributed by atoms with Crippen LogP contribution in [0.2, 0.25) is 0 Å². The normalized spacial score (nSPS) is 22.0. The van der Waals surface area contributed by atoms with E-state index in [1.165, 1.54) is 17.0 Å². The summed E-state index contributed by atoms with van der Waals surface area (Å²) in [5.41, 5.74) is 0.0333. The number of carbonyl (C=O) groups excluding carboxylic acids is 1. The molecule has 1 aromatic rings. The number of piperidine rings is 1. The van der Waals surface area contributed by atoms with E-state index in [2.05, 4.69) is 21.2 Å². The molecule has 0 bridgehead atoms. The zero-order chi connectivity index (χ0) is 15.6. The maximum atomic E-state index is 13.7. The zero-order valence-electron chi connectivity index (χ0n) is 11.5. The third kappa shape index (κ3) is 3.72. The molecule has 21 heavy (non-hydrogen) atoms. The van der Waals surface area contributed by atoms with Crippen LogP contribution in [-0.4, -0.2) is 34.6 Å². The van der Waals surface area contributed by atoms with E-state index < -0.39 is 23.9 Å². The van der Waals surface area contributed by atoms with Gasteiger partial charge in [-0.05, 0) is 37.0 Å². The Bertz CT molecular complexity index is 567. The van der Waals surface area contributed by atoms with Gasteiger partial charge in [0.2, 0.25) is 0 Å². The first-order valence-corrected chi connectivity index (χ1v) is 7.43. The van der Waals surface area contributed by atoms with Gasteiger partial charge in [0.25, 0.3) is 0 Å². The molecule has 0 aromatic heterocycles. The highest BCUT2D eigenvalue weighted by Gasteiger charge is 2.34. The van der Waals surface area contributed by atoms with Gasteiger partial charge < -0.3 is 15.3 Å². The van der Waals surface area contributed by atoms with Crippen molar-refractivity contribution in [1.29, 1.82) is 0 Å². The quantitative estimate of drug-likeness (QED) is 0.851. The molecule has 0 saturated carbocycles. The minimum absolute atomic E-state index is 0.0333. The van der Waals surface area contributed by atoms with Gasteiger partial charge >= 0.3 is 12.0 Å². The molecule has 5 nitrogen and oxygen atoms in total. The molecule has 0 radical (unpaired) electrons. The van der Waals surface area contributed by atoms with Crippen LogP contribution in [0.25, 0.3) is 0 Å². The van der Waals surface area contributed by atoms with Gasteiger partial charge in [0.05, 0.1) is 5.69 Å². The molecule has 0 spiro atoms. The fraction of sp³-hybridized carbons (Fsp3) is 0.429. The number of urea groups is 1. The van der Waals surface area contributed by atoms with E-state index in [1.807, 2.05) is 6.92 Å². The maximum Gasteiger partial charge on any atom is 0.326 e. The topological polar surface area (TPSA) is 69.6 Å². The Kier molecular flexibility index (Phi) is 4.82. The lowest BCUT2D eigenvalue weighted by Gasteiger charge is -2.35. The molecule has 2 rings (SSSR count). The van der Waals surface area contributed by atoms with Gasteiger partial charge in [-0.25, -0.2) is 14.0 Å². The molecule has 2 amide bonds. The predicted molar refractivity (Wildman–Crippen MR) is 79.6 cm³/mol. The zero-order valence-corrected chi connectivity index (χ0v) is 13.1. The van der Waals surface area contributed by atoms with Crippen LogP contribution in [0.3, 0.4) is 0 Å². The van der Waals surface area contributed by atoms with Crippen molar-refractivity contribution < 1.29 is 19.1 Å². The summed E-state index contributed by atoms with van der Waals surface area (Å²) < 4.78 is 14.3. The second-order valence-electron chi connectivity index (χ2n) is 5.23. The maximum absolute atomic E-state index is 13.7. The number of halogens is 2. The fourth-order valence-corrected chi connectivity index (χ4v) is 2.73. The number of carbonyl (C=O) groups is 2. The number of hydrogen-bond acceptors (Lipinski definition) is 2. The Balaban J connectivity index is 2.13. The first-order valence-electron chi connectivity index (χ1n) is 6.64. The first-order chi connectivity index (χ1) is 9.88. The van der Waals surface area contributed by atoms with Crippen molar-refractivity contribution in [3.05, 3.63) is 28.5 Å². The van der Waals surface area contributed by atoms with E-state index in [0.29, 0.717) is 17.4 Å². The molecule has 2 N–H and O–H groups in total. The summed E-state index contributed by atoms with van der Waals surface area (Å²) in [6.07, 6.45) is 1.14. The fourth-order valence-electron chi connectivity index (χ4n) is 2.40. The van der Waals surface area contributed by atoms with Crippen LogP contribution in [-0.2, 0) is 4.79 Å². The number of hydrogen-bond donors (Lipinski definition) is 2. The lowest BCUT2D eigenvalue weighted by molar-refractivity contribution is -0.143. The summed E-state index contributed by atoms with van der Waals surface area (Å²) in [5, 5.41) is 11.7. The number of rotatable bonds is 2.